The summed E-state index contributed by atoms with van der Waals surface area (Å²) in [6, 6.07) is 8.88. The normalized spacial score (nSPS) is 45.6. The van der Waals surface area contributed by atoms with Gasteiger partial charge in [-0.1, -0.05) is 45.9 Å². The Labute approximate surface area is 237 Å². The predicted molar refractivity (Wildman–Crippen MR) is 147 cm³/mol. The molecule has 1 N–H and O–H groups in total. The van der Waals surface area contributed by atoms with Gasteiger partial charge in [-0.2, -0.15) is 0 Å². The van der Waals surface area contributed by atoms with E-state index in [0.717, 1.165) is 25.7 Å². The van der Waals surface area contributed by atoms with Crippen LogP contribution in [0.1, 0.15) is 96.3 Å². The van der Waals surface area contributed by atoms with E-state index in [9.17, 15) is 19.5 Å². The van der Waals surface area contributed by atoms with Crippen molar-refractivity contribution in [3.05, 3.63) is 35.9 Å². The molecule has 7 nitrogen and oxygen atoms in total. The van der Waals surface area contributed by atoms with Crippen molar-refractivity contribution < 1.29 is 33.7 Å². The highest BCUT2D eigenvalue weighted by Gasteiger charge is 2.91. The Balaban J connectivity index is 1.51. The van der Waals surface area contributed by atoms with Crippen LogP contribution in [0.3, 0.4) is 0 Å². The number of fused-ring (bicyclic) bond motifs is 2. The van der Waals surface area contributed by atoms with Crippen molar-refractivity contribution in [3.8, 4) is 0 Å². The molecule has 0 bridgehead atoms. The van der Waals surface area contributed by atoms with Crippen molar-refractivity contribution in [1.82, 2.24) is 0 Å². The summed E-state index contributed by atoms with van der Waals surface area (Å²) >= 11 is 0. The fourth-order valence-electron chi connectivity index (χ4n) is 9.91. The molecule has 40 heavy (non-hydrogen) atoms. The maximum Gasteiger partial charge on any atom is 0.338 e. The van der Waals surface area contributed by atoms with E-state index < -0.39 is 34.8 Å². The van der Waals surface area contributed by atoms with E-state index in [1.165, 1.54) is 0 Å². The number of esters is 2. The second-order valence-electron chi connectivity index (χ2n) is 13.9. The number of rotatable bonds is 6. The molecule has 5 fully saturated rings. The molecular formula is C33H44O7. The van der Waals surface area contributed by atoms with Crippen molar-refractivity contribution in [2.75, 3.05) is 0 Å². The van der Waals surface area contributed by atoms with Crippen LogP contribution in [0.15, 0.2) is 30.3 Å². The van der Waals surface area contributed by atoms with Crippen LogP contribution in [0.4, 0.5) is 0 Å². The van der Waals surface area contributed by atoms with E-state index in [-0.39, 0.29) is 46.9 Å². The fourth-order valence-corrected chi connectivity index (χ4v) is 9.91. The van der Waals surface area contributed by atoms with E-state index >= 15 is 0 Å². The van der Waals surface area contributed by atoms with Crippen LogP contribution < -0.4 is 0 Å². The monoisotopic (exact) mass is 552 g/mol. The zero-order valence-electron chi connectivity index (χ0n) is 24.5. The van der Waals surface area contributed by atoms with Crippen molar-refractivity contribution >= 4 is 17.7 Å². The Kier molecular flexibility index (Phi) is 6.54. The van der Waals surface area contributed by atoms with E-state index in [1.54, 1.807) is 31.2 Å². The molecular weight excluding hydrogens is 508 g/mol. The lowest BCUT2D eigenvalue weighted by atomic mass is 9.43. The second-order valence-corrected chi connectivity index (χ2v) is 13.9. The van der Waals surface area contributed by atoms with Gasteiger partial charge in [0.25, 0.3) is 0 Å². The summed E-state index contributed by atoms with van der Waals surface area (Å²) in [5, 5.41) is 10.6. The number of hydrogen-bond acceptors (Lipinski definition) is 7. The summed E-state index contributed by atoms with van der Waals surface area (Å²) in [4.78, 5) is 40.5. The zero-order valence-corrected chi connectivity index (χ0v) is 24.5. The molecule has 6 rings (SSSR count). The molecule has 0 aromatic heterocycles. The number of Topliss-reactive ketones (excluding diaryl/α,β-unsaturated/α-hetero) is 1. The number of ketones is 1. The van der Waals surface area contributed by atoms with E-state index in [2.05, 4.69) is 6.92 Å². The number of aliphatic hydroxyl groups is 1. The van der Waals surface area contributed by atoms with Gasteiger partial charge in [0.05, 0.1) is 17.6 Å². The molecule has 4 aliphatic carbocycles. The average Bonchev–Trinajstić information content (AvgIpc) is 3.48. The standard InChI is InChI=1S/C33H44O7/c1-6-19(2)28(36)38-25-26-30(4)15-13-23(35)18-22(30)12-16-32(26)33(40-32)17-14-24(20(3)34)31(33,5)27(25)39-29(37)21-10-8-7-9-11-21/h7-11,19,22-27,35H,6,12-18H2,1-5H3/t19?,22?,23-,24-,25-,26?,27+,30-,31-,32?,33?/m0/s1. The maximum absolute atomic E-state index is 13.7. The van der Waals surface area contributed by atoms with Gasteiger partial charge in [0.1, 0.15) is 29.2 Å². The molecule has 1 saturated heterocycles. The van der Waals surface area contributed by atoms with Crippen LogP contribution in [0.5, 0.6) is 0 Å². The highest BCUT2D eigenvalue weighted by molar-refractivity contribution is 5.89. The lowest BCUT2D eigenvalue weighted by Crippen LogP contribution is -2.70. The molecule has 7 heteroatoms. The SMILES string of the molecule is CCC(C)C(=O)O[C@H]1C2C3(CCC4C[C@@H](O)CC[C@@]42C)OC32CC[C@@H](C(C)=O)[C@@]2(C)[C@@H]1OC(=O)c1ccccc1. The largest absolute Gasteiger partial charge is 0.458 e. The van der Waals surface area contributed by atoms with Gasteiger partial charge in [-0.25, -0.2) is 4.79 Å². The van der Waals surface area contributed by atoms with Gasteiger partial charge in [0.15, 0.2) is 0 Å². The molecule has 218 valence electrons. The van der Waals surface area contributed by atoms with Crippen molar-refractivity contribution in [2.24, 2.45) is 34.5 Å². The Bertz CT molecular complexity index is 1200. The third-order valence-electron chi connectivity index (χ3n) is 12.2. The third kappa shape index (κ3) is 3.58. The van der Waals surface area contributed by atoms with Crippen molar-refractivity contribution in [2.45, 2.75) is 115 Å². The van der Waals surface area contributed by atoms with Crippen LogP contribution in [-0.4, -0.2) is 52.3 Å². The van der Waals surface area contributed by atoms with Gasteiger partial charge >= 0.3 is 11.9 Å². The minimum atomic E-state index is -0.840. The molecule has 1 heterocycles. The molecule has 1 aromatic carbocycles. The maximum atomic E-state index is 13.7. The summed E-state index contributed by atoms with van der Waals surface area (Å²) < 4.78 is 20.0. The highest BCUT2D eigenvalue weighted by Crippen LogP contribution is 2.81. The zero-order chi connectivity index (χ0) is 28.7. The minimum Gasteiger partial charge on any atom is -0.458 e. The smallest absolute Gasteiger partial charge is 0.338 e. The lowest BCUT2D eigenvalue weighted by molar-refractivity contribution is -0.217. The van der Waals surface area contributed by atoms with Gasteiger partial charge in [-0.15, -0.1) is 0 Å². The number of hydrogen-bond donors (Lipinski definition) is 1. The van der Waals surface area contributed by atoms with E-state index in [4.69, 9.17) is 14.2 Å². The Morgan fingerprint density at radius 2 is 1.77 bits per heavy atom. The van der Waals surface area contributed by atoms with Gasteiger partial charge in [0.2, 0.25) is 0 Å². The summed E-state index contributed by atoms with van der Waals surface area (Å²) in [7, 11) is 0. The molecule has 1 aliphatic heterocycles. The van der Waals surface area contributed by atoms with Gasteiger partial charge < -0.3 is 19.3 Å². The van der Waals surface area contributed by atoms with Gasteiger partial charge in [-0.05, 0) is 81.8 Å². The highest BCUT2D eigenvalue weighted by atomic mass is 16.7. The third-order valence-corrected chi connectivity index (χ3v) is 12.2. The van der Waals surface area contributed by atoms with Crippen LogP contribution >= 0.6 is 0 Å². The molecule has 4 saturated carbocycles. The topological polar surface area (TPSA) is 102 Å². The Morgan fingerprint density at radius 1 is 1.05 bits per heavy atom. The minimum absolute atomic E-state index is 0.0527. The summed E-state index contributed by atoms with van der Waals surface area (Å²) in [6.07, 6.45) is 3.98. The first-order chi connectivity index (χ1) is 18.9. The number of aliphatic hydroxyl groups excluding tert-OH is 1. The Morgan fingerprint density at radius 3 is 2.45 bits per heavy atom. The number of carbonyl (C=O) groups excluding carboxylic acids is 3. The lowest BCUT2D eigenvalue weighted by Gasteiger charge is -2.61. The molecule has 2 spiro atoms. The van der Waals surface area contributed by atoms with E-state index in [1.807, 2.05) is 26.8 Å². The van der Waals surface area contributed by atoms with Crippen molar-refractivity contribution in [1.29, 1.82) is 0 Å². The molecule has 5 unspecified atom stereocenters. The predicted octanol–water partition coefficient (Wildman–Crippen LogP) is 5.27. The van der Waals surface area contributed by atoms with Gasteiger partial charge in [-0.3, -0.25) is 9.59 Å². The van der Waals surface area contributed by atoms with Crippen LogP contribution in [0, 0.1) is 34.5 Å². The average molecular weight is 553 g/mol. The molecule has 5 aliphatic rings. The quantitative estimate of drug-likeness (QED) is 0.379. The van der Waals surface area contributed by atoms with E-state index in [0.29, 0.717) is 31.2 Å². The van der Waals surface area contributed by atoms with Crippen LogP contribution in [-0.2, 0) is 23.8 Å². The molecule has 0 amide bonds. The first kappa shape index (κ1) is 27.9. The van der Waals surface area contributed by atoms with Crippen LogP contribution in [0.25, 0.3) is 0 Å². The number of benzene rings is 1. The second kappa shape index (κ2) is 9.38. The van der Waals surface area contributed by atoms with Gasteiger partial charge in [0, 0.05) is 17.3 Å². The Hall–Kier alpha value is -2.25. The van der Waals surface area contributed by atoms with Crippen LogP contribution in [0.2, 0.25) is 0 Å². The number of ether oxygens (including phenoxy) is 3. The number of carbonyl (C=O) groups is 3. The summed E-state index contributed by atoms with van der Waals surface area (Å²) in [6.45, 7) is 9.75. The molecule has 1 aromatic rings. The molecule has 11 atom stereocenters. The number of epoxide rings is 1. The first-order valence-electron chi connectivity index (χ1n) is 15.3. The summed E-state index contributed by atoms with van der Waals surface area (Å²) in [5.74, 6) is -1.37. The summed E-state index contributed by atoms with van der Waals surface area (Å²) in [5.41, 5.74) is -1.85. The fraction of sp³-hybridized carbons (Fsp3) is 0.727. The molecule has 0 radical (unpaired) electrons. The first-order valence-corrected chi connectivity index (χ1v) is 15.3. The van der Waals surface area contributed by atoms with Crippen molar-refractivity contribution in [3.63, 3.8) is 0 Å².